The minimum Gasteiger partial charge on any atom is -0.457 e. The lowest BCUT2D eigenvalue weighted by Crippen LogP contribution is -2.60. The highest BCUT2D eigenvalue weighted by atomic mass is 16.5. The maximum atomic E-state index is 11.9. The van der Waals surface area contributed by atoms with Crippen molar-refractivity contribution in [2.24, 2.45) is 0 Å². The number of ether oxygens (including phenoxy) is 1. The molecule has 3 atom stereocenters. The van der Waals surface area contributed by atoms with Crippen molar-refractivity contribution in [3.63, 3.8) is 0 Å². The summed E-state index contributed by atoms with van der Waals surface area (Å²) in [7, 11) is 2.19. The lowest BCUT2D eigenvalue weighted by Gasteiger charge is -2.51. The zero-order valence-electron chi connectivity index (χ0n) is 17.8. The summed E-state index contributed by atoms with van der Waals surface area (Å²) < 4.78 is 5.93. The third kappa shape index (κ3) is 4.50. The van der Waals surface area contributed by atoms with Crippen molar-refractivity contribution in [1.82, 2.24) is 9.80 Å². The van der Waals surface area contributed by atoms with Crippen molar-refractivity contribution in [3.05, 3.63) is 60.2 Å². The first-order chi connectivity index (χ1) is 14.1. The molecule has 2 aliphatic rings. The van der Waals surface area contributed by atoms with Gasteiger partial charge in [0.1, 0.15) is 11.5 Å². The molecular weight excluding hydrogens is 360 g/mol. The predicted octanol–water partition coefficient (Wildman–Crippen LogP) is 4.50. The van der Waals surface area contributed by atoms with Crippen LogP contribution in [0.15, 0.2) is 54.6 Å². The van der Waals surface area contributed by atoms with Gasteiger partial charge in [-0.3, -0.25) is 4.90 Å². The van der Waals surface area contributed by atoms with Crippen LogP contribution in [-0.4, -0.2) is 59.8 Å². The Balaban J connectivity index is 1.49. The fourth-order valence-corrected chi connectivity index (χ4v) is 5.04. The number of benzene rings is 2. The number of likely N-dealkylation sites (N-methyl/N-ethyl adjacent to an activating group) is 1. The van der Waals surface area contributed by atoms with Crippen molar-refractivity contribution in [3.8, 4) is 11.5 Å². The van der Waals surface area contributed by atoms with E-state index in [0.29, 0.717) is 0 Å². The highest BCUT2D eigenvalue weighted by Crippen LogP contribution is 2.42. The average molecular weight is 395 g/mol. The number of para-hydroxylation sites is 1. The minimum absolute atomic E-state index is 0.0956. The van der Waals surface area contributed by atoms with E-state index in [0.717, 1.165) is 56.9 Å². The van der Waals surface area contributed by atoms with E-state index in [9.17, 15) is 5.11 Å². The van der Waals surface area contributed by atoms with Crippen LogP contribution in [0.25, 0.3) is 0 Å². The molecule has 1 heterocycles. The average Bonchev–Trinajstić information content (AvgIpc) is 2.76. The zero-order chi connectivity index (χ0) is 20.3. The number of rotatable bonds is 5. The first-order valence-corrected chi connectivity index (χ1v) is 11.0. The topological polar surface area (TPSA) is 35.9 Å². The number of piperazine rings is 1. The molecule has 2 aromatic carbocycles. The molecule has 2 aromatic rings. The molecule has 0 aromatic heterocycles. The van der Waals surface area contributed by atoms with Gasteiger partial charge >= 0.3 is 0 Å². The van der Waals surface area contributed by atoms with Gasteiger partial charge in [-0.1, -0.05) is 50.1 Å². The second-order valence-electron chi connectivity index (χ2n) is 8.80. The summed E-state index contributed by atoms with van der Waals surface area (Å²) in [6.45, 7) is 6.49. The number of hydrogen-bond acceptors (Lipinski definition) is 4. The van der Waals surface area contributed by atoms with Gasteiger partial charge in [0, 0.05) is 38.1 Å². The number of aliphatic hydroxyl groups is 1. The number of hydrogen-bond donors (Lipinski definition) is 1. The van der Waals surface area contributed by atoms with E-state index in [1.807, 2.05) is 42.5 Å². The summed E-state index contributed by atoms with van der Waals surface area (Å²) in [5, 5.41) is 11.9. The Hall–Kier alpha value is -1.88. The van der Waals surface area contributed by atoms with Crippen molar-refractivity contribution >= 4 is 0 Å². The molecule has 0 spiro atoms. The van der Waals surface area contributed by atoms with E-state index < -0.39 is 5.60 Å². The molecule has 1 aliphatic carbocycles. The fraction of sp³-hybridized carbons (Fsp3) is 0.520. The van der Waals surface area contributed by atoms with Crippen LogP contribution >= 0.6 is 0 Å². The van der Waals surface area contributed by atoms with Crippen LogP contribution in [0.1, 0.15) is 44.1 Å². The van der Waals surface area contributed by atoms with Crippen LogP contribution in [0.4, 0.5) is 0 Å². The van der Waals surface area contributed by atoms with Gasteiger partial charge in [0.25, 0.3) is 0 Å². The Labute approximate surface area is 175 Å². The van der Waals surface area contributed by atoms with Crippen LogP contribution in [0.5, 0.6) is 11.5 Å². The zero-order valence-corrected chi connectivity index (χ0v) is 17.8. The van der Waals surface area contributed by atoms with Crippen LogP contribution in [0.3, 0.4) is 0 Å². The molecule has 4 heteroatoms. The van der Waals surface area contributed by atoms with Gasteiger partial charge < -0.3 is 14.7 Å². The van der Waals surface area contributed by atoms with Gasteiger partial charge in [0.15, 0.2) is 0 Å². The lowest BCUT2D eigenvalue weighted by atomic mass is 9.70. The van der Waals surface area contributed by atoms with Crippen LogP contribution in [0, 0.1) is 0 Å². The smallest absolute Gasteiger partial charge is 0.127 e. The van der Waals surface area contributed by atoms with E-state index in [1.165, 1.54) is 12.0 Å². The summed E-state index contributed by atoms with van der Waals surface area (Å²) in [5.74, 6) is 1.77. The molecule has 0 bridgehead atoms. The monoisotopic (exact) mass is 394 g/mol. The maximum absolute atomic E-state index is 11.9. The molecule has 4 nitrogen and oxygen atoms in total. The molecule has 1 saturated heterocycles. The molecule has 0 amide bonds. The quantitative estimate of drug-likeness (QED) is 0.810. The Bertz CT molecular complexity index is 771. The van der Waals surface area contributed by atoms with E-state index in [2.05, 4.69) is 35.9 Å². The van der Waals surface area contributed by atoms with E-state index in [-0.39, 0.29) is 12.0 Å². The molecule has 1 aliphatic heterocycles. The van der Waals surface area contributed by atoms with Crippen LogP contribution < -0.4 is 4.74 Å². The molecule has 0 radical (unpaired) electrons. The van der Waals surface area contributed by atoms with Gasteiger partial charge in [-0.15, -0.1) is 0 Å². The van der Waals surface area contributed by atoms with E-state index >= 15 is 0 Å². The van der Waals surface area contributed by atoms with Gasteiger partial charge in [-0.2, -0.15) is 0 Å². The largest absolute Gasteiger partial charge is 0.457 e. The first-order valence-electron chi connectivity index (χ1n) is 11.0. The molecule has 4 rings (SSSR count). The standard InChI is InChI=1S/C25H34N2O2/c1-20(21-11-13-23(14-12-21)29-22-8-4-3-5-9-22)25(28)15-7-6-10-24(25)27-18-16-26(2)17-19-27/h3-5,8-9,11-14,20,24,28H,6-7,10,15-19H2,1-2H3. The normalized spacial score (nSPS) is 27.5. The van der Waals surface area contributed by atoms with Gasteiger partial charge in [0.2, 0.25) is 0 Å². The van der Waals surface area contributed by atoms with Crippen molar-refractivity contribution in [1.29, 1.82) is 0 Å². The molecule has 1 saturated carbocycles. The van der Waals surface area contributed by atoms with Crippen LogP contribution in [-0.2, 0) is 0 Å². The van der Waals surface area contributed by atoms with E-state index in [4.69, 9.17) is 4.74 Å². The Morgan fingerprint density at radius 1 is 0.931 bits per heavy atom. The van der Waals surface area contributed by atoms with Crippen molar-refractivity contribution in [2.45, 2.75) is 50.2 Å². The summed E-state index contributed by atoms with van der Waals surface area (Å²) in [5.41, 5.74) is 0.518. The number of nitrogens with zero attached hydrogens (tertiary/aromatic N) is 2. The maximum Gasteiger partial charge on any atom is 0.127 e. The second-order valence-corrected chi connectivity index (χ2v) is 8.80. The molecular formula is C25H34N2O2. The molecule has 1 N–H and O–H groups in total. The summed E-state index contributed by atoms with van der Waals surface area (Å²) in [6, 6.07) is 18.4. The predicted molar refractivity (Wildman–Crippen MR) is 118 cm³/mol. The fourth-order valence-electron chi connectivity index (χ4n) is 5.04. The minimum atomic E-state index is -0.671. The highest BCUT2D eigenvalue weighted by Gasteiger charge is 2.46. The molecule has 29 heavy (non-hydrogen) atoms. The Morgan fingerprint density at radius 3 is 2.28 bits per heavy atom. The third-order valence-corrected chi connectivity index (χ3v) is 6.97. The summed E-state index contributed by atoms with van der Waals surface area (Å²) in [4.78, 5) is 4.93. The van der Waals surface area contributed by atoms with Gasteiger partial charge in [-0.05, 0) is 49.7 Å². The SMILES string of the molecule is CC(c1ccc(Oc2ccccc2)cc1)C1(O)CCCCC1N1CCN(C)CC1. The first kappa shape index (κ1) is 20.4. The van der Waals surface area contributed by atoms with Gasteiger partial charge in [0.05, 0.1) is 5.60 Å². The third-order valence-electron chi connectivity index (χ3n) is 6.97. The Morgan fingerprint density at radius 2 is 1.59 bits per heavy atom. The van der Waals surface area contributed by atoms with Crippen molar-refractivity contribution in [2.75, 3.05) is 33.2 Å². The Kier molecular flexibility index (Phi) is 6.23. The highest BCUT2D eigenvalue weighted by molar-refractivity contribution is 5.35. The van der Waals surface area contributed by atoms with Crippen molar-refractivity contribution < 1.29 is 9.84 Å². The molecule has 3 unspecified atom stereocenters. The summed E-state index contributed by atoms with van der Waals surface area (Å²) in [6.07, 6.45) is 4.31. The van der Waals surface area contributed by atoms with Crippen LogP contribution in [0.2, 0.25) is 0 Å². The summed E-state index contributed by atoms with van der Waals surface area (Å²) >= 11 is 0. The van der Waals surface area contributed by atoms with E-state index in [1.54, 1.807) is 0 Å². The second kappa shape index (κ2) is 8.86. The molecule has 2 fully saturated rings. The molecule has 156 valence electrons. The lowest BCUT2D eigenvalue weighted by molar-refractivity contribution is -0.0966. The van der Waals surface area contributed by atoms with Gasteiger partial charge in [-0.25, -0.2) is 0 Å².